The molecule has 14 heavy (non-hydrogen) atoms. The molecule has 0 aromatic carbocycles. The van der Waals surface area contributed by atoms with Crippen molar-refractivity contribution in [2.24, 2.45) is 0 Å². The van der Waals surface area contributed by atoms with Crippen molar-refractivity contribution in [3.63, 3.8) is 0 Å². The molecule has 5 nitrogen and oxygen atoms in total. The highest BCUT2D eigenvalue weighted by Gasteiger charge is 2.07. The zero-order valence-corrected chi connectivity index (χ0v) is 10.1. The van der Waals surface area contributed by atoms with Gasteiger partial charge in [-0.2, -0.15) is 0 Å². The molecule has 0 saturated carbocycles. The quantitative estimate of drug-likeness (QED) is 0.818. The maximum Gasteiger partial charge on any atom is 0.229 e. The van der Waals surface area contributed by atoms with Crippen LogP contribution in [0.5, 0.6) is 0 Å². The fourth-order valence-corrected chi connectivity index (χ4v) is 1.78. The standard InChI is InChI=1S/C7H10BrN3O2S/c1-9-7-5(11-14(2,12)13)3-4-6(8)10-7/h3-4,11H,1-2H3,(H,9,10). The van der Waals surface area contributed by atoms with Gasteiger partial charge in [0.15, 0.2) is 5.82 Å². The second kappa shape index (κ2) is 4.14. The van der Waals surface area contributed by atoms with Crippen molar-refractivity contribution in [2.75, 3.05) is 23.3 Å². The average molecular weight is 280 g/mol. The van der Waals surface area contributed by atoms with Crippen LogP contribution in [0, 0.1) is 0 Å². The summed E-state index contributed by atoms with van der Waals surface area (Å²) in [5.74, 6) is 0.477. The minimum atomic E-state index is -3.27. The van der Waals surface area contributed by atoms with Gasteiger partial charge in [-0.3, -0.25) is 4.72 Å². The van der Waals surface area contributed by atoms with Crippen LogP contribution in [0.3, 0.4) is 0 Å². The summed E-state index contributed by atoms with van der Waals surface area (Å²) in [4.78, 5) is 4.05. The summed E-state index contributed by atoms with van der Waals surface area (Å²) in [6.07, 6.45) is 1.09. The molecular formula is C7H10BrN3O2S. The molecule has 2 N–H and O–H groups in total. The highest BCUT2D eigenvalue weighted by Crippen LogP contribution is 2.22. The van der Waals surface area contributed by atoms with Crippen molar-refractivity contribution in [1.82, 2.24) is 4.98 Å². The highest BCUT2D eigenvalue weighted by molar-refractivity contribution is 9.10. The third kappa shape index (κ3) is 3.15. The van der Waals surface area contributed by atoms with Gasteiger partial charge in [-0.15, -0.1) is 0 Å². The summed E-state index contributed by atoms with van der Waals surface area (Å²) in [7, 11) is -1.60. The van der Waals surface area contributed by atoms with E-state index < -0.39 is 10.0 Å². The van der Waals surface area contributed by atoms with E-state index in [0.29, 0.717) is 16.1 Å². The van der Waals surface area contributed by atoms with Gasteiger partial charge in [-0.1, -0.05) is 0 Å². The zero-order valence-electron chi connectivity index (χ0n) is 7.70. The van der Waals surface area contributed by atoms with E-state index in [1.165, 1.54) is 0 Å². The summed E-state index contributed by atoms with van der Waals surface area (Å²) in [5.41, 5.74) is 0.429. The van der Waals surface area contributed by atoms with Gasteiger partial charge in [0.05, 0.1) is 11.9 Å². The van der Waals surface area contributed by atoms with Crippen LogP contribution in [-0.4, -0.2) is 26.7 Å². The van der Waals surface area contributed by atoms with Gasteiger partial charge >= 0.3 is 0 Å². The molecule has 0 fully saturated rings. The third-order valence-electron chi connectivity index (χ3n) is 1.39. The average Bonchev–Trinajstić information content (AvgIpc) is 2.06. The molecule has 0 aliphatic rings. The molecule has 1 heterocycles. The molecular weight excluding hydrogens is 270 g/mol. The number of aromatic nitrogens is 1. The Kier molecular flexibility index (Phi) is 3.33. The number of nitrogens with zero attached hydrogens (tertiary/aromatic N) is 1. The molecule has 1 aromatic heterocycles. The number of rotatable bonds is 3. The van der Waals surface area contributed by atoms with Crippen LogP contribution < -0.4 is 10.0 Å². The van der Waals surface area contributed by atoms with E-state index in [1.54, 1.807) is 19.2 Å². The lowest BCUT2D eigenvalue weighted by Gasteiger charge is -2.08. The molecule has 0 amide bonds. The van der Waals surface area contributed by atoms with Gasteiger partial charge in [-0.25, -0.2) is 13.4 Å². The van der Waals surface area contributed by atoms with Crippen LogP contribution in [0.2, 0.25) is 0 Å². The first kappa shape index (κ1) is 11.3. The Morgan fingerprint density at radius 2 is 2.07 bits per heavy atom. The Bertz CT molecular complexity index is 433. The predicted octanol–water partition coefficient (Wildman–Crippen LogP) is 1.26. The number of nitrogens with one attached hydrogen (secondary N) is 2. The second-order valence-corrected chi connectivity index (χ2v) is 5.22. The van der Waals surface area contributed by atoms with Crippen molar-refractivity contribution < 1.29 is 8.42 Å². The molecule has 78 valence electrons. The van der Waals surface area contributed by atoms with E-state index in [2.05, 4.69) is 31.0 Å². The van der Waals surface area contributed by atoms with Crippen molar-refractivity contribution in [3.8, 4) is 0 Å². The summed E-state index contributed by atoms with van der Waals surface area (Å²) in [6.45, 7) is 0. The van der Waals surface area contributed by atoms with E-state index >= 15 is 0 Å². The van der Waals surface area contributed by atoms with Crippen molar-refractivity contribution in [3.05, 3.63) is 16.7 Å². The normalized spacial score (nSPS) is 11.1. The van der Waals surface area contributed by atoms with E-state index in [-0.39, 0.29) is 0 Å². The maximum absolute atomic E-state index is 11.0. The topological polar surface area (TPSA) is 71.1 Å². The predicted molar refractivity (Wildman–Crippen MR) is 60.0 cm³/mol. The Balaban J connectivity index is 3.09. The number of hydrogen-bond acceptors (Lipinski definition) is 4. The highest BCUT2D eigenvalue weighted by atomic mass is 79.9. The smallest absolute Gasteiger partial charge is 0.229 e. The summed E-state index contributed by atoms with van der Waals surface area (Å²) >= 11 is 3.19. The second-order valence-electron chi connectivity index (χ2n) is 2.65. The lowest BCUT2D eigenvalue weighted by atomic mass is 10.4. The largest absolute Gasteiger partial charge is 0.371 e. The van der Waals surface area contributed by atoms with Crippen LogP contribution in [0.25, 0.3) is 0 Å². The number of hydrogen-bond donors (Lipinski definition) is 2. The SMILES string of the molecule is CNc1nc(Br)ccc1NS(C)(=O)=O. The lowest BCUT2D eigenvalue weighted by molar-refractivity contribution is 0.607. The van der Waals surface area contributed by atoms with Crippen LogP contribution >= 0.6 is 15.9 Å². The number of pyridine rings is 1. The van der Waals surface area contributed by atoms with Gasteiger partial charge in [0, 0.05) is 7.05 Å². The third-order valence-corrected chi connectivity index (χ3v) is 2.43. The number of anilines is 2. The van der Waals surface area contributed by atoms with E-state index in [0.717, 1.165) is 6.26 Å². The minimum Gasteiger partial charge on any atom is -0.371 e. The van der Waals surface area contributed by atoms with Gasteiger partial charge in [-0.05, 0) is 28.1 Å². The van der Waals surface area contributed by atoms with Gasteiger partial charge < -0.3 is 5.32 Å². The van der Waals surface area contributed by atoms with Gasteiger partial charge in [0.25, 0.3) is 0 Å². The van der Waals surface area contributed by atoms with Gasteiger partial charge in [0.2, 0.25) is 10.0 Å². The molecule has 0 aliphatic heterocycles. The van der Waals surface area contributed by atoms with E-state index in [9.17, 15) is 8.42 Å². The Labute approximate surface area is 91.1 Å². The first-order chi connectivity index (χ1) is 6.42. The maximum atomic E-state index is 11.0. The van der Waals surface area contributed by atoms with Crippen LogP contribution in [0.1, 0.15) is 0 Å². The molecule has 0 aliphatic carbocycles. The fourth-order valence-electron chi connectivity index (χ4n) is 0.908. The molecule has 0 spiro atoms. The van der Waals surface area contributed by atoms with Crippen LogP contribution in [0.15, 0.2) is 16.7 Å². The molecule has 0 bridgehead atoms. The zero-order chi connectivity index (χ0) is 10.8. The molecule has 0 radical (unpaired) electrons. The molecule has 7 heteroatoms. The first-order valence-corrected chi connectivity index (χ1v) is 6.43. The van der Waals surface area contributed by atoms with Crippen LogP contribution in [0.4, 0.5) is 11.5 Å². The fraction of sp³-hybridized carbons (Fsp3) is 0.286. The van der Waals surface area contributed by atoms with Crippen LogP contribution in [-0.2, 0) is 10.0 Å². The Morgan fingerprint density at radius 1 is 1.43 bits per heavy atom. The van der Waals surface area contributed by atoms with Crippen molar-refractivity contribution >= 4 is 37.5 Å². The van der Waals surface area contributed by atoms with Gasteiger partial charge in [0.1, 0.15) is 4.60 Å². The summed E-state index contributed by atoms with van der Waals surface area (Å²) in [6, 6.07) is 3.29. The molecule has 0 saturated heterocycles. The molecule has 1 rings (SSSR count). The molecule has 0 unspecified atom stereocenters. The van der Waals surface area contributed by atoms with E-state index in [4.69, 9.17) is 0 Å². The Hall–Kier alpha value is -0.820. The first-order valence-electron chi connectivity index (χ1n) is 3.74. The Morgan fingerprint density at radius 3 is 2.57 bits per heavy atom. The van der Waals surface area contributed by atoms with E-state index in [1.807, 2.05) is 0 Å². The summed E-state index contributed by atoms with van der Waals surface area (Å²) in [5, 5.41) is 2.79. The number of sulfonamides is 1. The number of halogens is 1. The molecule has 0 atom stereocenters. The minimum absolute atomic E-state index is 0.429. The monoisotopic (exact) mass is 279 g/mol. The van der Waals surface area contributed by atoms with Crippen molar-refractivity contribution in [2.45, 2.75) is 0 Å². The summed E-state index contributed by atoms with van der Waals surface area (Å²) < 4.78 is 24.9. The van der Waals surface area contributed by atoms with Crippen molar-refractivity contribution in [1.29, 1.82) is 0 Å². The lowest BCUT2D eigenvalue weighted by Crippen LogP contribution is -2.11. The molecule has 1 aromatic rings.